The van der Waals surface area contributed by atoms with Crippen molar-refractivity contribution in [3.8, 4) is 0 Å². The summed E-state index contributed by atoms with van der Waals surface area (Å²) in [6.45, 7) is 2.35. The lowest BCUT2D eigenvalue weighted by Gasteiger charge is -2.12. The van der Waals surface area contributed by atoms with E-state index in [9.17, 15) is 9.18 Å². The molecule has 0 saturated carbocycles. The van der Waals surface area contributed by atoms with Gasteiger partial charge in [-0.05, 0) is 24.6 Å². The van der Waals surface area contributed by atoms with E-state index in [-0.39, 0.29) is 24.2 Å². The van der Waals surface area contributed by atoms with Crippen molar-refractivity contribution in [2.75, 3.05) is 13.7 Å². The Labute approximate surface area is 94.6 Å². The number of hydrogen-bond donors (Lipinski definition) is 1. The number of ether oxygens (including phenoxy) is 1. The molecule has 0 heterocycles. The van der Waals surface area contributed by atoms with E-state index >= 15 is 0 Å². The van der Waals surface area contributed by atoms with E-state index in [4.69, 9.17) is 4.74 Å². The Morgan fingerprint density at radius 1 is 1.44 bits per heavy atom. The van der Waals surface area contributed by atoms with E-state index < -0.39 is 0 Å². The van der Waals surface area contributed by atoms with Crippen LogP contribution in [0, 0.1) is 5.82 Å². The highest BCUT2D eigenvalue weighted by atomic mass is 19.1. The molecule has 1 rings (SSSR count). The van der Waals surface area contributed by atoms with Crippen molar-refractivity contribution in [2.45, 2.75) is 19.4 Å². The second kappa shape index (κ2) is 6.23. The first kappa shape index (κ1) is 12.6. The third-order valence-corrected chi connectivity index (χ3v) is 2.10. The second-order valence-electron chi connectivity index (χ2n) is 3.73. The third-order valence-electron chi connectivity index (χ3n) is 2.10. The van der Waals surface area contributed by atoms with Crippen LogP contribution in [0.5, 0.6) is 0 Å². The van der Waals surface area contributed by atoms with Crippen LogP contribution >= 0.6 is 0 Å². The van der Waals surface area contributed by atoms with Crippen LogP contribution in [0.2, 0.25) is 0 Å². The Morgan fingerprint density at radius 2 is 2.06 bits per heavy atom. The maximum atomic E-state index is 12.6. The van der Waals surface area contributed by atoms with Gasteiger partial charge in [-0.15, -0.1) is 0 Å². The van der Waals surface area contributed by atoms with E-state index in [1.54, 1.807) is 19.2 Å². The molecule has 0 aliphatic heterocycles. The largest absolute Gasteiger partial charge is 0.383 e. The predicted octanol–water partition coefficient (Wildman–Crippen LogP) is 1.52. The topological polar surface area (TPSA) is 38.3 Å². The lowest BCUT2D eigenvalue weighted by molar-refractivity contribution is -0.121. The van der Waals surface area contributed by atoms with Crippen molar-refractivity contribution in [2.24, 2.45) is 0 Å². The molecule has 88 valence electrons. The molecule has 0 fully saturated rings. The Balaban J connectivity index is 2.42. The van der Waals surface area contributed by atoms with Gasteiger partial charge in [-0.1, -0.05) is 12.1 Å². The van der Waals surface area contributed by atoms with Crippen molar-refractivity contribution in [3.63, 3.8) is 0 Å². The summed E-state index contributed by atoms with van der Waals surface area (Å²) in [5, 5.41) is 2.79. The summed E-state index contributed by atoms with van der Waals surface area (Å²) in [6.07, 6.45) is 0.258. The Kier molecular flexibility index (Phi) is 4.92. The molecule has 0 aliphatic carbocycles. The van der Waals surface area contributed by atoms with E-state index in [1.165, 1.54) is 12.1 Å². The molecule has 0 radical (unpaired) electrons. The fourth-order valence-corrected chi connectivity index (χ4v) is 1.41. The molecular formula is C12H16FNO2. The first-order chi connectivity index (χ1) is 7.61. The van der Waals surface area contributed by atoms with Gasteiger partial charge in [0.2, 0.25) is 5.91 Å². The number of methoxy groups -OCH3 is 1. The van der Waals surface area contributed by atoms with Crippen LogP contribution in [-0.4, -0.2) is 25.7 Å². The highest BCUT2D eigenvalue weighted by Crippen LogP contribution is 2.03. The minimum atomic E-state index is -0.295. The molecule has 0 unspecified atom stereocenters. The molecule has 1 atom stereocenters. The van der Waals surface area contributed by atoms with Gasteiger partial charge in [0, 0.05) is 13.2 Å². The zero-order valence-electron chi connectivity index (χ0n) is 9.50. The van der Waals surface area contributed by atoms with Crippen LogP contribution in [0.25, 0.3) is 0 Å². The summed E-state index contributed by atoms with van der Waals surface area (Å²) >= 11 is 0. The van der Waals surface area contributed by atoms with Gasteiger partial charge in [0.1, 0.15) is 5.82 Å². The number of nitrogens with one attached hydrogen (secondary N) is 1. The van der Waals surface area contributed by atoms with Gasteiger partial charge in [-0.2, -0.15) is 0 Å². The quantitative estimate of drug-likeness (QED) is 0.825. The van der Waals surface area contributed by atoms with Crippen molar-refractivity contribution < 1.29 is 13.9 Å². The maximum absolute atomic E-state index is 12.6. The first-order valence-electron chi connectivity index (χ1n) is 5.14. The Morgan fingerprint density at radius 3 is 2.62 bits per heavy atom. The smallest absolute Gasteiger partial charge is 0.224 e. The predicted molar refractivity (Wildman–Crippen MR) is 59.6 cm³/mol. The highest BCUT2D eigenvalue weighted by Gasteiger charge is 2.07. The number of carbonyl (C=O) groups is 1. The van der Waals surface area contributed by atoms with Crippen LogP contribution in [0.1, 0.15) is 12.5 Å². The van der Waals surface area contributed by atoms with E-state index in [0.717, 1.165) is 5.56 Å². The summed E-state index contributed by atoms with van der Waals surface area (Å²) in [4.78, 5) is 11.5. The molecule has 0 bridgehead atoms. The molecule has 4 heteroatoms. The molecule has 0 aromatic heterocycles. The van der Waals surface area contributed by atoms with Gasteiger partial charge >= 0.3 is 0 Å². The lowest BCUT2D eigenvalue weighted by atomic mass is 10.1. The van der Waals surface area contributed by atoms with E-state index in [1.807, 2.05) is 6.92 Å². The summed E-state index contributed by atoms with van der Waals surface area (Å²) in [6, 6.07) is 5.90. The van der Waals surface area contributed by atoms with Crippen molar-refractivity contribution in [3.05, 3.63) is 35.6 Å². The lowest BCUT2D eigenvalue weighted by Crippen LogP contribution is -2.36. The minimum absolute atomic E-state index is 0.0158. The standard InChI is InChI=1S/C12H16FNO2/c1-9(8-16-2)14-12(15)7-10-3-5-11(13)6-4-10/h3-6,9H,7-8H2,1-2H3,(H,14,15)/t9-/m1/s1. The molecule has 16 heavy (non-hydrogen) atoms. The van der Waals surface area contributed by atoms with E-state index in [2.05, 4.69) is 5.32 Å². The number of carbonyl (C=O) groups excluding carboxylic acids is 1. The van der Waals surface area contributed by atoms with Gasteiger partial charge in [0.25, 0.3) is 0 Å². The van der Waals surface area contributed by atoms with Crippen LogP contribution in [-0.2, 0) is 16.0 Å². The normalized spacial score (nSPS) is 12.2. The zero-order chi connectivity index (χ0) is 12.0. The van der Waals surface area contributed by atoms with Crippen molar-refractivity contribution in [1.82, 2.24) is 5.32 Å². The number of halogens is 1. The van der Waals surface area contributed by atoms with Crippen LogP contribution in [0.15, 0.2) is 24.3 Å². The van der Waals surface area contributed by atoms with E-state index in [0.29, 0.717) is 6.61 Å². The fraction of sp³-hybridized carbons (Fsp3) is 0.417. The molecule has 0 spiro atoms. The molecule has 0 aliphatic rings. The zero-order valence-corrected chi connectivity index (χ0v) is 9.50. The highest BCUT2D eigenvalue weighted by molar-refractivity contribution is 5.78. The number of hydrogen-bond acceptors (Lipinski definition) is 2. The van der Waals surface area contributed by atoms with Crippen LogP contribution in [0.4, 0.5) is 4.39 Å². The summed E-state index contributed by atoms with van der Waals surface area (Å²) in [7, 11) is 1.59. The Hall–Kier alpha value is -1.42. The average Bonchev–Trinajstić information content (AvgIpc) is 2.21. The fourth-order valence-electron chi connectivity index (χ4n) is 1.41. The summed E-state index contributed by atoms with van der Waals surface area (Å²) < 4.78 is 17.5. The monoisotopic (exact) mass is 225 g/mol. The van der Waals surface area contributed by atoms with Gasteiger partial charge < -0.3 is 10.1 Å². The van der Waals surface area contributed by atoms with Gasteiger partial charge in [-0.25, -0.2) is 4.39 Å². The summed E-state index contributed by atoms with van der Waals surface area (Å²) in [5.74, 6) is -0.381. The summed E-state index contributed by atoms with van der Waals surface area (Å²) in [5.41, 5.74) is 0.795. The molecule has 0 saturated heterocycles. The number of amides is 1. The molecule has 1 aromatic carbocycles. The van der Waals surface area contributed by atoms with Gasteiger partial charge in [0.05, 0.1) is 13.0 Å². The SMILES string of the molecule is COC[C@@H](C)NC(=O)Cc1ccc(F)cc1. The molecular weight excluding hydrogens is 209 g/mol. The van der Waals surface area contributed by atoms with Gasteiger partial charge in [-0.3, -0.25) is 4.79 Å². The molecule has 3 nitrogen and oxygen atoms in total. The van der Waals surface area contributed by atoms with Crippen LogP contribution < -0.4 is 5.32 Å². The third kappa shape index (κ3) is 4.40. The molecule has 1 aromatic rings. The first-order valence-corrected chi connectivity index (χ1v) is 5.14. The van der Waals surface area contributed by atoms with Crippen molar-refractivity contribution >= 4 is 5.91 Å². The Bertz CT molecular complexity index is 337. The van der Waals surface area contributed by atoms with Crippen LogP contribution in [0.3, 0.4) is 0 Å². The van der Waals surface area contributed by atoms with Gasteiger partial charge in [0.15, 0.2) is 0 Å². The average molecular weight is 225 g/mol. The maximum Gasteiger partial charge on any atom is 0.224 e. The molecule has 1 amide bonds. The molecule has 1 N–H and O–H groups in total. The second-order valence-corrected chi connectivity index (χ2v) is 3.73. The van der Waals surface area contributed by atoms with Crippen molar-refractivity contribution in [1.29, 1.82) is 0 Å². The minimum Gasteiger partial charge on any atom is -0.383 e. The number of benzene rings is 1. The number of rotatable bonds is 5.